The number of carbonyl (C=O) groups excluding carboxylic acids is 1. The van der Waals surface area contributed by atoms with E-state index in [2.05, 4.69) is 0 Å². The smallest absolute Gasteiger partial charge is 0.227 e. The standard InChI is InChI=1S/C15H28N2O3/c1-10(9-20-3)17(6-7-19-2)15(18)13-11-4-5-12(8-11)14(13)16/h10-14H,4-9,16H2,1-3H3. The molecular weight excluding hydrogens is 256 g/mol. The summed E-state index contributed by atoms with van der Waals surface area (Å²) < 4.78 is 10.3. The van der Waals surface area contributed by atoms with Crippen LogP contribution in [0, 0.1) is 17.8 Å². The van der Waals surface area contributed by atoms with E-state index in [1.54, 1.807) is 14.2 Å². The highest BCUT2D eigenvalue weighted by atomic mass is 16.5. The van der Waals surface area contributed by atoms with Crippen molar-refractivity contribution in [1.29, 1.82) is 0 Å². The van der Waals surface area contributed by atoms with Crippen molar-refractivity contribution in [3.63, 3.8) is 0 Å². The molecule has 5 nitrogen and oxygen atoms in total. The predicted molar refractivity (Wildman–Crippen MR) is 77.2 cm³/mol. The van der Waals surface area contributed by atoms with Crippen LogP contribution in [0.1, 0.15) is 26.2 Å². The van der Waals surface area contributed by atoms with E-state index >= 15 is 0 Å². The molecule has 0 aromatic rings. The fourth-order valence-electron chi connectivity index (χ4n) is 3.96. The second kappa shape index (κ2) is 6.87. The van der Waals surface area contributed by atoms with Gasteiger partial charge in [-0.05, 0) is 38.0 Å². The SMILES string of the molecule is COCCN(C(=O)C1C2CCC(C2)C1N)C(C)COC. The molecule has 116 valence electrons. The molecule has 0 aromatic carbocycles. The molecule has 2 bridgehead atoms. The summed E-state index contributed by atoms with van der Waals surface area (Å²) >= 11 is 0. The Bertz CT molecular complexity index is 335. The molecule has 5 atom stereocenters. The van der Waals surface area contributed by atoms with Gasteiger partial charge in [-0.2, -0.15) is 0 Å². The van der Waals surface area contributed by atoms with Crippen molar-refractivity contribution in [2.24, 2.45) is 23.5 Å². The van der Waals surface area contributed by atoms with Crippen molar-refractivity contribution < 1.29 is 14.3 Å². The molecule has 0 aromatic heterocycles. The molecule has 1 amide bonds. The Morgan fingerprint density at radius 1 is 1.30 bits per heavy atom. The highest BCUT2D eigenvalue weighted by molar-refractivity contribution is 5.81. The first kappa shape index (κ1) is 15.7. The van der Waals surface area contributed by atoms with E-state index in [1.165, 1.54) is 6.42 Å². The Balaban J connectivity index is 2.05. The molecule has 20 heavy (non-hydrogen) atoms. The van der Waals surface area contributed by atoms with Crippen LogP contribution in [0.4, 0.5) is 0 Å². The molecule has 2 aliphatic carbocycles. The van der Waals surface area contributed by atoms with Gasteiger partial charge in [-0.25, -0.2) is 0 Å². The van der Waals surface area contributed by atoms with Crippen molar-refractivity contribution in [3.05, 3.63) is 0 Å². The molecule has 0 heterocycles. The van der Waals surface area contributed by atoms with Gasteiger partial charge < -0.3 is 20.1 Å². The molecule has 0 aliphatic heterocycles. The molecular formula is C15H28N2O3. The summed E-state index contributed by atoms with van der Waals surface area (Å²) in [4.78, 5) is 14.8. The lowest BCUT2D eigenvalue weighted by molar-refractivity contribution is -0.141. The van der Waals surface area contributed by atoms with Crippen LogP contribution in [0.25, 0.3) is 0 Å². The summed E-state index contributed by atoms with van der Waals surface area (Å²) in [5.41, 5.74) is 6.30. The topological polar surface area (TPSA) is 64.8 Å². The van der Waals surface area contributed by atoms with E-state index in [9.17, 15) is 4.79 Å². The minimum absolute atomic E-state index is 0.00455. The van der Waals surface area contributed by atoms with Crippen molar-refractivity contribution >= 4 is 5.91 Å². The summed E-state index contributed by atoms with van der Waals surface area (Å²) in [5, 5.41) is 0. The lowest BCUT2D eigenvalue weighted by Gasteiger charge is -2.35. The van der Waals surface area contributed by atoms with E-state index in [1.807, 2.05) is 11.8 Å². The van der Waals surface area contributed by atoms with E-state index in [0.29, 0.717) is 31.6 Å². The third-order valence-corrected chi connectivity index (χ3v) is 5.03. The van der Waals surface area contributed by atoms with Crippen LogP contribution in [0.15, 0.2) is 0 Å². The number of methoxy groups -OCH3 is 2. The minimum Gasteiger partial charge on any atom is -0.383 e. The van der Waals surface area contributed by atoms with Gasteiger partial charge in [-0.1, -0.05) is 0 Å². The Kier molecular flexibility index (Phi) is 5.41. The number of hydrogen-bond acceptors (Lipinski definition) is 4. The number of nitrogens with zero attached hydrogens (tertiary/aromatic N) is 1. The van der Waals surface area contributed by atoms with E-state index in [4.69, 9.17) is 15.2 Å². The summed E-state index contributed by atoms with van der Waals surface area (Å²) in [7, 11) is 3.33. The molecule has 2 aliphatic rings. The van der Waals surface area contributed by atoms with Gasteiger partial charge in [0.05, 0.1) is 25.2 Å². The summed E-state index contributed by atoms with van der Waals surface area (Å²) in [6, 6.07) is 0.106. The number of nitrogens with two attached hydrogens (primary N) is 1. The van der Waals surface area contributed by atoms with E-state index < -0.39 is 0 Å². The average molecular weight is 284 g/mol. The molecule has 2 rings (SSSR count). The zero-order valence-corrected chi connectivity index (χ0v) is 12.9. The van der Waals surface area contributed by atoms with Crippen LogP contribution in [0.3, 0.4) is 0 Å². The Labute approximate surface area is 121 Å². The van der Waals surface area contributed by atoms with Crippen LogP contribution in [0.5, 0.6) is 0 Å². The van der Waals surface area contributed by atoms with Gasteiger partial charge in [0.1, 0.15) is 0 Å². The lowest BCUT2D eigenvalue weighted by Crippen LogP contribution is -2.51. The normalized spacial score (nSPS) is 33.4. The second-order valence-electron chi connectivity index (χ2n) is 6.27. The maximum Gasteiger partial charge on any atom is 0.227 e. The molecule has 2 N–H and O–H groups in total. The molecule has 0 saturated heterocycles. The minimum atomic E-state index is 0.00455. The Morgan fingerprint density at radius 3 is 2.55 bits per heavy atom. The number of ether oxygens (including phenoxy) is 2. The predicted octanol–water partition coefficient (Wildman–Crippen LogP) is 0.870. The van der Waals surface area contributed by atoms with Gasteiger partial charge in [0, 0.05) is 26.8 Å². The Hall–Kier alpha value is -0.650. The van der Waals surface area contributed by atoms with Crippen molar-refractivity contribution in [3.8, 4) is 0 Å². The monoisotopic (exact) mass is 284 g/mol. The zero-order chi connectivity index (χ0) is 14.7. The second-order valence-corrected chi connectivity index (χ2v) is 6.27. The largest absolute Gasteiger partial charge is 0.383 e. The zero-order valence-electron chi connectivity index (χ0n) is 12.9. The van der Waals surface area contributed by atoms with Gasteiger partial charge in [0.2, 0.25) is 5.91 Å². The first-order chi connectivity index (χ1) is 9.60. The molecule has 2 fully saturated rings. The average Bonchev–Trinajstić information content (AvgIpc) is 3.00. The molecule has 0 radical (unpaired) electrons. The summed E-state index contributed by atoms with van der Waals surface area (Å²) in [5.74, 6) is 1.24. The van der Waals surface area contributed by atoms with Crippen LogP contribution in [-0.4, -0.2) is 56.9 Å². The third-order valence-electron chi connectivity index (χ3n) is 5.03. The van der Waals surface area contributed by atoms with Crippen LogP contribution in [0.2, 0.25) is 0 Å². The molecule has 2 saturated carbocycles. The number of carbonyl (C=O) groups is 1. The summed E-state index contributed by atoms with van der Waals surface area (Å²) in [6.45, 7) is 3.73. The van der Waals surface area contributed by atoms with Gasteiger partial charge in [0.15, 0.2) is 0 Å². The van der Waals surface area contributed by atoms with Gasteiger partial charge >= 0.3 is 0 Å². The third kappa shape index (κ3) is 3.00. The number of amides is 1. The maximum atomic E-state index is 12.9. The number of hydrogen-bond donors (Lipinski definition) is 1. The van der Waals surface area contributed by atoms with E-state index in [-0.39, 0.29) is 23.9 Å². The highest BCUT2D eigenvalue weighted by Gasteiger charge is 2.50. The lowest BCUT2D eigenvalue weighted by atomic mass is 9.83. The van der Waals surface area contributed by atoms with Crippen LogP contribution in [-0.2, 0) is 14.3 Å². The maximum absolute atomic E-state index is 12.9. The molecule has 0 spiro atoms. The van der Waals surface area contributed by atoms with Crippen molar-refractivity contribution in [2.45, 2.75) is 38.3 Å². The number of rotatable bonds is 7. The van der Waals surface area contributed by atoms with Crippen molar-refractivity contribution in [2.75, 3.05) is 34.0 Å². The first-order valence-electron chi connectivity index (χ1n) is 7.64. The van der Waals surface area contributed by atoms with E-state index in [0.717, 1.165) is 12.8 Å². The van der Waals surface area contributed by atoms with Gasteiger partial charge in [-0.15, -0.1) is 0 Å². The molecule has 5 heteroatoms. The highest BCUT2D eigenvalue weighted by Crippen LogP contribution is 2.48. The van der Waals surface area contributed by atoms with Crippen molar-refractivity contribution in [1.82, 2.24) is 4.90 Å². The fourth-order valence-corrected chi connectivity index (χ4v) is 3.96. The first-order valence-corrected chi connectivity index (χ1v) is 7.64. The Morgan fingerprint density at radius 2 is 2.00 bits per heavy atom. The summed E-state index contributed by atoms with van der Waals surface area (Å²) in [6.07, 6.45) is 3.49. The van der Waals surface area contributed by atoms with Crippen LogP contribution < -0.4 is 5.73 Å². The van der Waals surface area contributed by atoms with Crippen LogP contribution >= 0.6 is 0 Å². The quantitative estimate of drug-likeness (QED) is 0.753. The van der Waals surface area contributed by atoms with Gasteiger partial charge in [0.25, 0.3) is 0 Å². The fraction of sp³-hybridized carbons (Fsp3) is 0.933. The number of fused-ring (bicyclic) bond motifs is 2. The van der Waals surface area contributed by atoms with Gasteiger partial charge in [-0.3, -0.25) is 4.79 Å². The molecule has 5 unspecified atom stereocenters.